The molecular weight excluding hydrogens is 236 g/mol. The molecule has 5 heteroatoms. The van der Waals surface area contributed by atoms with Crippen LogP contribution in [0, 0.1) is 0 Å². The van der Waals surface area contributed by atoms with Crippen LogP contribution < -0.4 is 0 Å². The average Bonchev–Trinajstić information content (AvgIpc) is 3.23. The first-order valence-electron chi connectivity index (χ1n) is 6.19. The highest BCUT2D eigenvalue weighted by Crippen LogP contribution is 2.15. The monoisotopic (exact) mass is 258 g/mol. The van der Waals surface area contributed by atoms with Gasteiger partial charge in [-0.1, -0.05) is 25.8 Å². The summed E-state index contributed by atoms with van der Waals surface area (Å²) in [6.45, 7) is 8.99. The summed E-state index contributed by atoms with van der Waals surface area (Å²) in [5.41, 5.74) is 0. The summed E-state index contributed by atoms with van der Waals surface area (Å²) < 4.78 is 15.0. The Bertz CT molecular complexity index is 228. The molecule has 0 spiro atoms. The Kier molecular flexibility index (Phi) is 11.8. The molecule has 0 aromatic heterocycles. The van der Waals surface area contributed by atoms with Crippen molar-refractivity contribution in [3.05, 3.63) is 12.7 Å². The van der Waals surface area contributed by atoms with E-state index in [4.69, 9.17) is 23.8 Å². The minimum Gasteiger partial charge on any atom is -0.375 e. The number of carbonyl (C=O) groups excluding carboxylic acids is 2. The highest BCUT2D eigenvalue weighted by Gasteiger charge is 2.21. The van der Waals surface area contributed by atoms with Gasteiger partial charge in [-0.25, -0.2) is 0 Å². The topological polar surface area (TPSA) is 68.4 Å². The van der Waals surface area contributed by atoms with E-state index in [1.54, 1.807) is 6.08 Å². The summed E-state index contributed by atoms with van der Waals surface area (Å²) in [5.74, 6) is 0. The number of ether oxygens (including phenoxy) is 3. The molecule has 2 rings (SSSR count). The summed E-state index contributed by atoms with van der Waals surface area (Å²) >= 11 is 0. The van der Waals surface area contributed by atoms with Crippen molar-refractivity contribution in [3.8, 4) is 0 Å². The van der Waals surface area contributed by atoms with Crippen molar-refractivity contribution in [2.24, 2.45) is 0 Å². The molecule has 2 atom stereocenters. The van der Waals surface area contributed by atoms with Crippen LogP contribution >= 0.6 is 0 Å². The number of unbranched alkanes of at least 4 members (excludes halogenated alkanes) is 1. The van der Waals surface area contributed by atoms with Crippen molar-refractivity contribution in [2.75, 3.05) is 26.4 Å². The molecule has 2 saturated heterocycles. The molecule has 18 heavy (non-hydrogen) atoms. The molecule has 2 fully saturated rings. The molecule has 0 saturated carbocycles. The number of hydrogen-bond donors (Lipinski definition) is 0. The fraction of sp³-hybridized carbons (Fsp3) is 0.769. The zero-order chi connectivity index (χ0) is 13.6. The third-order valence-electron chi connectivity index (χ3n) is 2.22. The smallest absolute Gasteiger partial charge is 0.373 e. The Hall–Kier alpha value is -1.00. The minimum absolute atomic E-state index is 0.250. The summed E-state index contributed by atoms with van der Waals surface area (Å²) in [7, 11) is 0. The highest BCUT2D eigenvalue weighted by molar-refractivity contribution is 5.20. The van der Waals surface area contributed by atoms with E-state index in [0.717, 1.165) is 19.8 Å². The Balaban J connectivity index is 0.000000267. The van der Waals surface area contributed by atoms with Gasteiger partial charge in [0.2, 0.25) is 0 Å². The Morgan fingerprint density at radius 1 is 1.33 bits per heavy atom. The van der Waals surface area contributed by atoms with Gasteiger partial charge >= 0.3 is 6.15 Å². The van der Waals surface area contributed by atoms with Gasteiger partial charge < -0.3 is 14.2 Å². The maximum absolute atomic E-state index is 8.12. The van der Waals surface area contributed by atoms with Gasteiger partial charge in [0, 0.05) is 0 Å². The molecule has 0 aliphatic carbocycles. The van der Waals surface area contributed by atoms with Gasteiger partial charge in [0.15, 0.2) is 0 Å². The quantitative estimate of drug-likeness (QED) is 0.394. The largest absolute Gasteiger partial charge is 0.375 e. The van der Waals surface area contributed by atoms with Gasteiger partial charge in [-0.15, -0.1) is 6.58 Å². The third kappa shape index (κ3) is 15.0. The van der Waals surface area contributed by atoms with Crippen molar-refractivity contribution in [1.29, 1.82) is 0 Å². The van der Waals surface area contributed by atoms with E-state index < -0.39 is 0 Å². The van der Waals surface area contributed by atoms with Crippen LogP contribution in [0.2, 0.25) is 0 Å². The van der Waals surface area contributed by atoms with Crippen LogP contribution in [0.15, 0.2) is 12.7 Å². The van der Waals surface area contributed by atoms with Gasteiger partial charge in [-0.2, -0.15) is 9.59 Å². The van der Waals surface area contributed by atoms with E-state index in [9.17, 15) is 0 Å². The summed E-state index contributed by atoms with van der Waals surface area (Å²) in [5, 5.41) is 0. The Morgan fingerprint density at radius 3 is 2.28 bits per heavy atom. The molecule has 5 nitrogen and oxygen atoms in total. The molecule has 0 aromatic carbocycles. The second-order valence-electron chi connectivity index (χ2n) is 3.96. The predicted octanol–water partition coefficient (Wildman–Crippen LogP) is 1.58. The van der Waals surface area contributed by atoms with Crippen LogP contribution in [0.1, 0.15) is 26.2 Å². The van der Waals surface area contributed by atoms with Gasteiger partial charge in [-0.05, 0) is 6.42 Å². The zero-order valence-corrected chi connectivity index (χ0v) is 10.9. The van der Waals surface area contributed by atoms with E-state index in [-0.39, 0.29) is 6.15 Å². The van der Waals surface area contributed by atoms with E-state index in [1.165, 1.54) is 19.3 Å². The van der Waals surface area contributed by atoms with Gasteiger partial charge in [0.25, 0.3) is 0 Å². The van der Waals surface area contributed by atoms with E-state index in [0.29, 0.717) is 18.8 Å². The van der Waals surface area contributed by atoms with Crippen LogP contribution in [0.5, 0.6) is 0 Å². The number of epoxide rings is 2. The van der Waals surface area contributed by atoms with Crippen molar-refractivity contribution in [2.45, 2.75) is 38.4 Å². The van der Waals surface area contributed by atoms with Gasteiger partial charge in [0.05, 0.1) is 32.5 Å². The van der Waals surface area contributed by atoms with Crippen LogP contribution in [0.25, 0.3) is 0 Å². The lowest BCUT2D eigenvalue weighted by molar-refractivity contribution is -0.191. The summed E-state index contributed by atoms with van der Waals surface area (Å²) in [6, 6.07) is 0. The fourth-order valence-electron chi connectivity index (χ4n) is 1.11. The lowest BCUT2D eigenvalue weighted by atomic mass is 10.2. The Labute approximate surface area is 108 Å². The van der Waals surface area contributed by atoms with Crippen molar-refractivity contribution in [1.82, 2.24) is 0 Å². The molecule has 0 amide bonds. The fourth-order valence-corrected chi connectivity index (χ4v) is 1.11. The molecule has 0 N–H and O–H groups in total. The van der Waals surface area contributed by atoms with Crippen LogP contribution in [-0.2, 0) is 23.8 Å². The molecule has 2 unspecified atom stereocenters. The molecule has 2 heterocycles. The SMILES string of the molecule is C=CCOCC1CO1.CCCCC1CO1.O=C=O. The van der Waals surface area contributed by atoms with Crippen LogP contribution in [0.3, 0.4) is 0 Å². The molecule has 0 radical (unpaired) electrons. The molecular formula is C13H22O5. The maximum atomic E-state index is 8.12. The van der Waals surface area contributed by atoms with Crippen molar-refractivity contribution >= 4 is 6.15 Å². The second-order valence-corrected chi connectivity index (χ2v) is 3.96. The van der Waals surface area contributed by atoms with E-state index >= 15 is 0 Å². The predicted molar refractivity (Wildman–Crippen MR) is 65.0 cm³/mol. The normalized spacial score (nSPS) is 22.5. The summed E-state index contributed by atoms with van der Waals surface area (Å²) in [4.78, 5) is 16.2. The first-order valence-corrected chi connectivity index (χ1v) is 6.19. The summed E-state index contributed by atoms with van der Waals surface area (Å²) in [6.07, 6.45) is 6.96. The molecule has 104 valence electrons. The Morgan fingerprint density at radius 2 is 1.89 bits per heavy atom. The van der Waals surface area contributed by atoms with Crippen molar-refractivity contribution in [3.63, 3.8) is 0 Å². The second kappa shape index (κ2) is 12.5. The highest BCUT2D eigenvalue weighted by atomic mass is 16.6. The standard InChI is InChI=1S/C6H10O2.C6H12O.CO2/c1-2-3-7-4-6-5-8-6;1-2-3-4-6-5-7-6;2-1-3/h2,6H,1,3-5H2;6H,2-5H2,1H3;. The van der Waals surface area contributed by atoms with Crippen molar-refractivity contribution < 1.29 is 23.8 Å². The molecule has 0 bridgehead atoms. The zero-order valence-electron chi connectivity index (χ0n) is 10.9. The van der Waals surface area contributed by atoms with E-state index in [2.05, 4.69) is 13.5 Å². The maximum Gasteiger partial charge on any atom is 0.373 e. The lowest BCUT2D eigenvalue weighted by Gasteiger charge is -1.92. The lowest BCUT2D eigenvalue weighted by Crippen LogP contribution is -2.00. The molecule has 2 aliphatic heterocycles. The average molecular weight is 258 g/mol. The first-order chi connectivity index (χ1) is 8.78. The van der Waals surface area contributed by atoms with Crippen LogP contribution in [0.4, 0.5) is 0 Å². The molecule has 2 aliphatic rings. The van der Waals surface area contributed by atoms with Crippen LogP contribution in [-0.4, -0.2) is 44.8 Å². The minimum atomic E-state index is 0.250. The number of rotatable bonds is 7. The number of hydrogen-bond acceptors (Lipinski definition) is 5. The third-order valence-corrected chi connectivity index (χ3v) is 2.22. The molecule has 0 aromatic rings. The van der Waals surface area contributed by atoms with Gasteiger partial charge in [0.1, 0.15) is 6.10 Å². The van der Waals surface area contributed by atoms with E-state index in [1.807, 2.05) is 0 Å². The van der Waals surface area contributed by atoms with Gasteiger partial charge in [-0.3, -0.25) is 0 Å². The first kappa shape index (κ1) is 17.0.